The number of carbonyl (C=O) groups is 2. The van der Waals surface area contributed by atoms with E-state index in [2.05, 4.69) is 13.8 Å². The fraction of sp³-hybridized carbons (Fsp3) is 0.941. The van der Waals surface area contributed by atoms with Crippen LogP contribution in [0.15, 0.2) is 0 Å². The number of carbonyl (C=O) groups excluding carboxylic acids is 1. The highest BCUT2D eigenvalue weighted by Crippen LogP contribution is 2.16. The van der Waals surface area contributed by atoms with E-state index in [0.717, 1.165) is 38.5 Å². The molecule has 1 atom stereocenters. The Bertz CT molecular complexity index is 505. The Kier molecular flexibility index (Phi) is 29.6. The first-order valence-corrected chi connectivity index (χ1v) is 17.0. The lowest BCUT2D eigenvalue weighted by molar-refractivity contribution is -0.164. The second-order valence-electron chi connectivity index (χ2n) is 11.7. The van der Waals surface area contributed by atoms with Gasteiger partial charge in [-0.1, -0.05) is 174 Å². The van der Waals surface area contributed by atoms with Crippen LogP contribution in [0.1, 0.15) is 200 Å². The molecule has 0 aromatic carbocycles. The number of unbranched alkanes of at least 4 members (excludes halogenated alkanes) is 25. The quantitative estimate of drug-likeness (QED) is 0.0704. The monoisotopic (exact) mass is 538 g/mol. The molecule has 0 rings (SSSR count). The maximum atomic E-state index is 12.1. The molecule has 0 amide bonds. The number of hydrogen-bond donors (Lipinski definition) is 1. The Morgan fingerprint density at radius 1 is 0.474 bits per heavy atom. The fourth-order valence-corrected chi connectivity index (χ4v) is 5.26. The van der Waals surface area contributed by atoms with Crippen molar-refractivity contribution in [2.75, 3.05) is 0 Å². The molecule has 0 aromatic heterocycles. The Balaban J connectivity index is 3.50. The summed E-state index contributed by atoms with van der Waals surface area (Å²) < 4.78 is 5.28. The van der Waals surface area contributed by atoms with E-state index >= 15 is 0 Å². The molecule has 4 heteroatoms. The second-order valence-corrected chi connectivity index (χ2v) is 11.7. The van der Waals surface area contributed by atoms with Gasteiger partial charge < -0.3 is 9.84 Å². The van der Waals surface area contributed by atoms with Gasteiger partial charge in [-0.05, 0) is 19.3 Å². The molecule has 0 aliphatic heterocycles. The summed E-state index contributed by atoms with van der Waals surface area (Å²) in [5, 5.41) is 9.41. The molecular formula is C34H66O4. The maximum Gasteiger partial charge on any atom is 0.345 e. The summed E-state index contributed by atoms with van der Waals surface area (Å²) in [6, 6.07) is 0. The predicted molar refractivity (Wildman–Crippen MR) is 163 cm³/mol. The molecule has 0 spiro atoms. The molecule has 0 radical (unpaired) electrons. The number of rotatable bonds is 31. The van der Waals surface area contributed by atoms with Crippen LogP contribution < -0.4 is 0 Å². The molecule has 0 saturated heterocycles. The Morgan fingerprint density at radius 3 is 1.08 bits per heavy atom. The molecule has 4 nitrogen and oxygen atoms in total. The van der Waals surface area contributed by atoms with Crippen LogP contribution in [0, 0.1) is 0 Å². The molecule has 0 aliphatic rings. The van der Waals surface area contributed by atoms with Crippen LogP contribution in [-0.4, -0.2) is 23.1 Å². The summed E-state index contributed by atoms with van der Waals surface area (Å²) >= 11 is 0. The highest BCUT2D eigenvalue weighted by molar-refractivity contribution is 5.77. The van der Waals surface area contributed by atoms with Crippen LogP contribution in [-0.2, 0) is 14.3 Å². The van der Waals surface area contributed by atoms with Crippen molar-refractivity contribution in [1.82, 2.24) is 0 Å². The van der Waals surface area contributed by atoms with E-state index < -0.39 is 12.1 Å². The van der Waals surface area contributed by atoms with Gasteiger partial charge in [0.2, 0.25) is 0 Å². The van der Waals surface area contributed by atoms with Crippen LogP contribution in [0.5, 0.6) is 0 Å². The van der Waals surface area contributed by atoms with Crippen molar-refractivity contribution in [3.63, 3.8) is 0 Å². The number of carboxylic acid groups (broad SMARTS) is 1. The minimum absolute atomic E-state index is 0.342. The minimum Gasteiger partial charge on any atom is -0.479 e. The summed E-state index contributed by atoms with van der Waals surface area (Å²) in [6.07, 6.45) is 34.2. The summed E-state index contributed by atoms with van der Waals surface area (Å²) in [7, 11) is 0. The Morgan fingerprint density at radius 2 is 0.763 bits per heavy atom. The SMILES string of the molecule is CCCCCCCCCCCCCCCCCCCC(=O)OC(CCCCCCCCCCCC)C(=O)O. The lowest BCUT2D eigenvalue weighted by atomic mass is 10.0. The molecule has 0 heterocycles. The number of aliphatic carboxylic acids is 1. The van der Waals surface area contributed by atoms with Crippen molar-refractivity contribution in [2.24, 2.45) is 0 Å². The number of carboxylic acids is 1. The number of ether oxygens (including phenoxy) is 1. The van der Waals surface area contributed by atoms with Crippen LogP contribution >= 0.6 is 0 Å². The third-order valence-electron chi connectivity index (χ3n) is 7.85. The van der Waals surface area contributed by atoms with Crippen molar-refractivity contribution >= 4 is 11.9 Å². The van der Waals surface area contributed by atoms with E-state index in [-0.39, 0.29) is 5.97 Å². The molecule has 0 bridgehead atoms. The maximum absolute atomic E-state index is 12.1. The highest BCUT2D eigenvalue weighted by Gasteiger charge is 2.21. The zero-order chi connectivity index (χ0) is 27.9. The Hall–Kier alpha value is -1.06. The third kappa shape index (κ3) is 28.0. The van der Waals surface area contributed by atoms with Gasteiger partial charge in [0.1, 0.15) is 0 Å². The van der Waals surface area contributed by atoms with E-state index in [0.29, 0.717) is 12.8 Å². The van der Waals surface area contributed by atoms with Gasteiger partial charge in [-0.25, -0.2) is 4.79 Å². The summed E-state index contributed by atoms with van der Waals surface area (Å²) in [4.78, 5) is 23.6. The van der Waals surface area contributed by atoms with Crippen molar-refractivity contribution in [2.45, 2.75) is 206 Å². The molecular weight excluding hydrogens is 472 g/mol. The highest BCUT2D eigenvalue weighted by atomic mass is 16.6. The van der Waals surface area contributed by atoms with Crippen LogP contribution in [0.2, 0.25) is 0 Å². The van der Waals surface area contributed by atoms with E-state index in [9.17, 15) is 14.7 Å². The van der Waals surface area contributed by atoms with Crippen molar-refractivity contribution in [1.29, 1.82) is 0 Å². The van der Waals surface area contributed by atoms with E-state index in [1.165, 1.54) is 135 Å². The molecule has 0 saturated carbocycles. The lowest BCUT2D eigenvalue weighted by Gasteiger charge is -2.13. The summed E-state index contributed by atoms with van der Waals surface area (Å²) in [6.45, 7) is 4.52. The predicted octanol–water partition coefficient (Wildman–Crippen LogP) is 11.3. The standard InChI is InChI=1S/C34H66O4/c1-3-5-7-9-11-13-15-16-17-18-19-20-21-23-25-27-29-31-33(35)38-32(34(36)37)30-28-26-24-22-14-12-10-8-6-4-2/h32H,3-31H2,1-2H3,(H,36,37). The average molecular weight is 539 g/mol. The van der Waals surface area contributed by atoms with Crippen LogP contribution in [0.4, 0.5) is 0 Å². The van der Waals surface area contributed by atoms with Gasteiger partial charge >= 0.3 is 11.9 Å². The molecule has 226 valence electrons. The minimum atomic E-state index is -1.00. The van der Waals surface area contributed by atoms with Gasteiger partial charge in [0.25, 0.3) is 0 Å². The van der Waals surface area contributed by atoms with Gasteiger partial charge in [-0.2, -0.15) is 0 Å². The number of hydrogen-bond acceptors (Lipinski definition) is 3. The zero-order valence-corrected chi connectivity index (χ0v) is 25.8. The normalized spacial score (nSPS) is 12.1. The largest absolute Gasteiger partial charge is 0.479 e. The summed E-state index contributed by atoms with van der Waals surface area (Å²) in [5.41, 5.74) is 0. The van der Waals surface area contributed by atoms with E-state index in [1.807, 2.05) is 0 Å². The first kappa shape index (κ1) is 36.9. The lowest BCUT2D eigenvalue weighted by Crippen LogP contribution is -2.27. The molecule has 38 heavy (non-hydrogen) atoms. The molecule has 0 aliphatic carbocycles. The van der Waals surface area contributed by atoms with Crippen molar-refractivity contribution in [3.05, 3.63) is 0 Å². The molecule has 0 aromatic rings. The van der Waals surface area contributed by atoms with Crippen LogP contribution in [0.25, 0.3) is 0 Å². The Labute approximate surface area is 237 Å². The van der Waals surface area contributed by atoms with Crippen molar-refractivity contribution < 1.29 is 19.4 Å². The topological polar surface area (TPSA) is 63.6 Å². The first-order chi connectivity index (χ1) is 18.6. The molecule has 0 fully saturated rings. The van der Waals surface area contributed by atoms with Gasteiger partial charge in [0.05, 0.1) is 0 Å². The average Bonchev–Trinajstić information content (AvgIpc) is 2.90. The fourth-order valence-electron chi connectivity index (χ4n) is 5.26. The first-order valence-electron chi connectivity index (χ1n) is 17.0. The number of esters is 1. The van der Waals surface area contributed by atoms with Gasteiger partial charge in [0.15, 0.2) is 6.10 Å². The smallest absolute Gasteiger partial charge is 0.345 e. The van der Waals surface area contributed by atoms with Gasteiger partial charge in [-0.15, -0.1) is 0 Å². The van der Waals surface area contributed by atoms with Crippen LogP contribution in [0.3, 0.4) is 0 Å². The second kappa shape index (κ2) is 30.5. The van der Waals surface area contributed by atoms with E-state index in [1.54, 1.807) is 0 Å². The van der Waals surface area contributed by atoms with Crippen molar-refractivity contribution in [3.8, 4) is 0 Å². The van der Waals surface area contributed by atoms with E-state index in [4.69, 9.17) is 4.74 Å². The molecule has 1 N–H and O–H groups in total. The van der Waals surface area contributed by atoms with Gasteiger partial charge in [0, 0.05) is 6.42 Å². The van der Waals surface area contributed by atoms with Gasteiger partial charge in [-0.3, -0.25) is 4.79 Å². The zero-order valence-electron chi connectivity index (χ0n) is 25.8. The summed E-state index contributed by atoms with van der Waals surface area (Å²) in [5.74, 6) is -1.35. The molecule has 1 unspecified atom stereocenters. The third-order valence-corrected chi connectivity index (χ3v) is 7.85.